The Bertz CT molecular complexity index is 1450. The van der Waals surface area contributed by atoms with E-state index in [0.717, 1.165) is 47.9 Å². The van der Waals surface area contributed by atoms with E-state index in [4.69, 9.17) is 0 Å². The molecule has 0 saturated heterocycles. The Morgan fingerprint density at radius 3 is 2.17 bits per heavy atom. The van der Waals surface area contributed by atoms with E-state index < -0.39 is 28.5 Å². The lowest BCUT2D eigenvalue weighted by Crippen LogP contribution is -2.53. The minimum Gasteiger partial charge on any atom is -0.352 e. The third-order valence-corrected chi connectivity index (χ3v) is 9.58. The first-order chi connectivity index (χ1) is 19.6. The maximum absolute atomic E-state index is 14.2. The van der Waals surface area contributed by atoms with E-state index in [1.165, 1.54) is 4.31 Å². The van der Waals surface area contributed by atoms with Gasteiger partial charge in [-0.15, -0.1) is 0 Å². The predicted octanol–water partition coefficient (Wildman–Crippen LogP) is 5.67. The van der Waals surface area contributed by atoms with E-state index in [1.807, 2.05) is 70.2 Å². The Morgan fingerprint density at radius 2 is 1.54 bits per heavy atom. The molecular weight excluding hydrogens is 534 g/mol. The van der Waals surface area contributed by atoms with E-state index in [2.05, 4.69) is 5.32 Å². The summed E-state index contributed by atoms with van der Waals surface area (Å²) in [7, 11) is -4.10. The standard InChI is InChI=1S/C33H41N3O4S/c1-5-30(33(38)34-28-13-9-10-14-28)35(22-27-11-7-6-8-12-27)32(37)23-36(31-21-25(3)15-18-26(31)4)41(39,40)29-19-16-24(2)17-20-29/h6-8,11-12,15-21,28,30H,5,9-10,13-14,22-23H2,1-4H3,(H,34,38)/t30-/m1/s1. The number of carbonyl (C=O) groups is 2. The van der Waals surface area contributed by atoms with E-state index in [9.17, 15) is 18.0 Å². The molecule has 1 saturated carbocycles. The molecule has 0 bridgehead atoms. The van der Waals surface area contributed by atoms with Gasteiger partial charge in [-0.3, -0.25) is 13.9 Å². The van der Waals surface area contributed by atoms with Crippen LogP contribution in [0.2, 0.25) is 0 Å². The van der Waals surface area contributed by atoms with E-state index in [1.54, 1.807) is 35.2 Å². The molecule has 1 aliphatic rings. The van der Waals surface area contributed by atoms with Gasteiger partial charge in [0.15, 0.2) is 0 Å². The topological polar surface area (TPSA) is 86.8 Å². The van der Waals surface area contributed by atoms with Crippen LogP contribution in [0.4, 0.5) is 5.69 Å². The molecule has 0 unspecified atom stereocenters. The van der Waals surface area contributed by atoms with Gasteiger partial charge in [0, 0.05) is 12.6 Å². The van der Waals surface area contributed by atoms with Gasteiger partial charge in [-0.25, -0.2) is 8.42 Å². The van der Waals surface area contributed by atoms with Gasteiger partial charge in [0.25, 0.3) is 10.0 Å². The van der Waals surface area contributed by atoms with Crippen LogP contribution in [-0.4, -0.2) is 43.8 Å². The number of amides is 2. The number of nitrogens with zero attached hydrogens (tertiary/aromatic N) is 2. The maximum atomic E-state index is 14.2. The average Bonchev–Trinajstić information content (AvgIpc) is 3.46. The molecular formula is C33H41N3O4S. The quantitative estimate of drug-likeness (QED) is 0.319. The number of benzene rings is 3. The van der Waals surface area contributed by atoms with E-state index in [0.29, 0.717) is 12.1 Å². The average molecular weight is 576 g/mol. The fraction of sp³-hybridized carbons (Fsp3) is 0.394. The molecule has 1 N–H and O–H groups in total. The highest BCUT2D eigenvalue weighted by Crippen LogP contribution is 2.29. The van der Waals surface area contributed by atoms with Crippen LogP contribution >= 0.6 is 0 Å². The summed E-state index contributed by atoms with van der Waals surface area (Å²) in [6.45, 7) is 7.27. The molecule has 3 aromatic rings. The lowest BCUT2D eigenvalue weighted by atomic mass is 10.1. The first-order valence-corrected chi connectivity index (χ1v) is 15.8. The van der Waals surface area contributed by atoms with Crippen molar-refractivity contribution in [2.24, 2.45) is 0 Å². The van der Waals surface area contributed by atoms with Crippen molar-refractivity contribution >= 4 is 27.5 Å². The number of sulfonamides is 1. The zero-order valence-electron chi connectivity index (χ0n) is 24.5. The summed E-state index contributed by atoms with van der Waals surface area (Å²) in [6.07, 6.45) is 4.44. The number of anilines is 1. The van der Waals surface area contributed by atoms with Crippen LogP contribution in [-0.2, 0) is 26.2 Å². The molecule has 0 aliphatic heterocycles. The fourth-order valence-electron chi connectivity index (χ4n) is 5.41. The predicted molar refractivity (Wildman–Crippen MR) is 163 cm³/mol. The zero-order valence-corrected chi connectivity index (χ0v) is 25.3. The van der Waals surface area contributed by atoms with Crippen molar-refractivity contribution in [2.75, 3.05) is 10.8 Å². The molecule has 1 fully saturated rings. The van der Waals surface area contributed by atoms with Crippen LogP contribution in [0.1, 0.15) is 61.3 Å². The third-order valence-electron chi connectivity index (χ3n) is 7.80. The number of carbonyl (C=O) groups excluding carboxylic acids is 2. The first-order valence-electron chi connectivity index (χ1n) is 14.4. The Labute approximate surface area is 244 Å². The van der Waals surface area contributed by atoms with Crippen molar-refractivity contribution in [2.45, 2.75) is 83.3 Å². The number of rotatable bonds is 11. The summed E-state index contributed by atoms with van der Waals surface area (Å²) in [4.78, 5) is 29.4. The lowest BCUT2D eigenvalue weighted by molar-refractivity contribution is -0.140. The number of hydrogen-bond acceptors (Lipinski definition) is 4. The minimum atomic E-state index is -4.10. The van der Waals surface area contributed by atoms with Gasteiger partial charge in [-0.05, 0) is 74.9 Å². The normalized spacial score (nSPS) is 14.4. The zero-order chi connectivity index (χ0) is 29.6. The van der Waals surface area contributed by atoms with Crippen LogP contribution in [0.3, 0.4) is 0 Å². The second-order valence-electron chi connectivity index (χ2n) is 11.0. The smallest absolute Gasteiger partial charge is 0.264 e. The molecule has 0 radical (unpaired) electrons. The van der Waals surface area contributed by atoms with Gasteiger partial charge in [0.05, 0.1) is 10.6 Å². The van der Waals surface area contributed by atoms with Crippen LogP contribution in [0.25, 0.3) is 0 Å². The monoisotopic (exact) mass is 575 g/mol. The molecule has 41 heavy (non-hydrogen) atoms. The summed E-state index contributed by atoms with van der Waals surface area (Å²) >= 11 is 0. The summed E-state index contributed by atoms with van der Waals surface area (Å²) < 4.78 is 29.4. The van der Waals surface area contributed by atoms with E-state index >= 15 is 0 Å². The van der Waals surface area contributed by atoms with Gasteiger partial charge < -0.3 is 10.2 Å². The second kappa shape index (κ2) is 13.3. The third kappa shape index (κ3) is 7.36. The largest absolute Gasteiger partial charge is 0.352 e. The molecule has 0 spiro atoms. The number of hydrogen-bond donors (Lipinski definition) is 1. The molecule has 0 heterocycles. The van der Waals surface area contributed by atoms with Gasteiger partial charge in [-0.1, -0.05) is 79.9 Å². The molecule has 3 aromatic carbocycles. The Morgan fingerprint density at radius 1 is 0.902 bits per heavy atom. The van der Waals surface area contributed by atoms with Crippen molar-refractivity contribution in [3.63, 3.8) is 0 Å². The van der Waals surface area contributed by atoms with Gasteiger partial charge in [-0.2, -0.15) is 0 Å². The lowest BCUT2D eigenvalue weighted by Gasteiger charge is -2.34. The minimum absolute atomic E-state index is 0.109. The van der Waals surface area contributed by atoms with Crippen molar-refractivity contribution in [1.29, 1.82) is 0 Å². The maximum Gasteiger partial charge on any atom is 0.264 e. The highest BCUT2D eigenvalue weighted by Gasteiger charge is 2.35. The molecule has 1 atom stereocenters. The Hall–Kier alpha value is -3.65. The molecule has 218 valence electrons. The summed E-state index contributed by atoms with van der Waals surface area (Å²) in [5.41, 5.74) is 3.87. The summed E-state index contributed by atoms with van der Waals surface area (Å²) in [5, 5.41) is 3.15. The second-order valence-corrected chi connectivity index (χ2v) is 12.9. The molecule has 0 aromatic heterocycles. The van der Waals surface area contributed by atoms with Gasteiger partial charge in [0.2, 0.25) is 11.8 Å². The molecule has 8 heteroatoms. The first kappa shape index (κ1) is 30.3. The van der Waals surface area contributed by atoms with Crippen molar-refractivity contribution in [3.8, 4) is 0 Å². The van der Waals surface area contributed by atoms with Gasteiger partial charge in [0.1, 0.15) is 12.6 Å². The molecule has 4 rings (SSSR count). The molecule has 2 amide bonds. The fourth-order valence-corrected chi connectivity index (χ4v) is 6.88. The van der Waals surface area contributed by atoms with Crippen molar-refractivity contribution in [1.82, 2.24) is 10.2 Å². The van der Waals surface area contributed by atoms with Gasteiger partial charge >= 0.3 is 0 Å². The number of nitrogens with one attached hydrogen (secondary N) is 1. The van der Waals surface area contributed by atoms with Crippen molar-refractivity contribution < 1.29 is 18.0 Å². The van der Waals surface area contributed by atoms with Crippen LogP contribution < -0.4 is 9.62 Å². The van der Waals surface area contributed by atoms with Crippen LogP contribution in [0.5, 0.6) is 0 Å². The van der Waals surface area contributed by atoms with Crippen molar-refractivity contribution in [3.05, 3.63) is 95.1 Å². The molecule has 1 aliphatic carbocycles. The van der Waals surface area contributed by atoms with E-state index in [-0.39, 0.29) is 23.4 Å². The Kier molecular flexibility index (Phi) is 9.86. The highest BCUT2D eigenvalue weighted by molar-refractivity contribution is 7.92. The highest BCUT2D eigenvalue weighted by atomic mass is 32.2. The SMILES string of the molecule is CC[C@H](C(=O)NC1CCCC1)N(Cc1ccccc1)C(=O)CN(c1cc(C)ccc1C)S(=O)(=O)c1ccc(C)cc1. The Balaban J connectivity index is 1.73. The number of aryl methyl sites for hydroxylation is 3. The molecule has 7 nitrogen and oxygen atoms in total. The van der Waals surface area contributed by atoms with Crippen LogP contribution in [0.15, 0.2) is 77.7 Å². The summed E-state index contributed by atoms with van der Waals surface area (Å²) in [6, 6.07) is 21.1. The van der Waals surface area contributed by atoms with Crippen LogP contribution in [0, 0.1) is 20.8 Å². The summed E-state index contributed by atoms with van der Waals surface area (Å²) in [5.74, 6) is -0.623.